The first-order valence-corrected chi connectivity index (χ1v) is 14.1. The third-order valence-corrected chi connectivity index (χ3v) is 7.94. The van der Waals surface area contributed by atoms with Gasteiger partial charge >= 0.3 is 5.97 Å². The number of likely N-dealkylation sites (tertiary alicyclic amines) is 1. The standard InChI is InChI=1S/C30H37N3O7/c1-3-12-33(40-14-4-2)27(34)18-32-17-23(20-9-10-25-26(15-20)39-19-38-25)28(30(36)37)24(32)11-13-31-16-21-7-5-6-8-22(21)29(31)35/h5-10,15,23-24,28H,3-4,11-14,16-19H2,1-2H3,(H,36,37)/t23-,24+,28-/m1/s1. The summed E-state index contributed by atoms with van der Waals surface area (Å²) >= 11 is 0. The highest BCUT2D eigenvalue weighted by molar-refractivity contribution is 5.98. The average molecular weight is 552 g/mol. The van der Waals surface area contributed by atoms with Crippen molar-refractivity contribution in [3.63, 3.8) is 0 Å². The molecule has 3 aliphatic heterocycles. The molecule has 0 aromatic heterocycles. The van der Waals surface area contributed by atoms with Crippen molar-refractivity contribution in [2.75, 3.05) is 39.6 Å². The minimum Gasteiger partial charge on any atom is -0.481 e. The Morgan fingerprint density at radius 1 is 1.10 bits per heavy atom. The number of carboxylic acids is 1. The van der Waals surface area contributed by atoms with Crippen LogP contribution in [0.15, 0.2) is 42.5 Å². The first-order valence-electron chi connectivity index (χ1n) is 14.1. The second-order valence-corrected chi connectivity index (χ2v) is 10.6. The van der Waals surface area contributed by atoms with Crippen molar-refractivity contribution in [2.45, 2.75) is 51.6 Å². The zero-order valence-corrected chi connectivity index (χ0v) is 23.1. The van der Waals surface area contributed by atoms with Crippen molar-refractivity contribution < 1.29 is 33.8 Å². The van der Waals surface area contributed by atoms with Crippen molar-refractivity contribution in [3.8, 4) is 11.5 Å². The maximum atomic E-state index is 13.4. The number of hydrogen-bond acceptors (Lipinski definition) is 7. The van der Waals surface area contributed by atoms with Gasteiger partial charge in [-0.15, -0.1) is 0 Å². The third kappa shape index (κ3) is 5.64. The van der Waals surface area contributed by atoms with E-state index in [4.69, 9.17) is 14.3 Å². The number of carboxylic acid groups (broad SMARTS) is 1. The van der Waals surface area contributed by atoms with Crippen molar-refractivity contribution in [2.24, 2.45) is 5.92 Å². The molecule has 3 atom stereocenters. The first kappa shape index (κ1) is 27.9. The molecule has 2 aromatic carbocycles. The Kier molecular flexibility index (Phi) is 8.56. The molecule has 5 rings (SSSR count). The maximum absolute atomic E-state index is 13.4. The molecule has 0 aliphatic carbocycles. The molecule has 0 unspecified atom stereocenters. The van der Waals surface area contributed by atoms with Crippen LogP contribution >= 0.6 is 0 Å². The Morgan fingerprint density at radius 3 is 2.65 bits per heavy atom. The number of amides is 2. The summed E-state index contributed by atoms with van der Waals surface area (Å²) < 4.78 is 11.0. The van der Waals surface area contributed by atoms with Gasteiger partial charge in [0, 0.05) is 43.7 Å². The lowest BCUT2D eigenvalue weighted by Crippen LogP contribution is -2.45. The monoisotopic (exact) mass is 551 g/mol. The van der Waals surface area contributed by atoms with E-state index in [9.17, 15) is 19.5 Å². The number of hydroxylamine groups is 2. The van der Waals surface area contributed by atoms with E-state index in [2.05, 4.69) is 0 Å². The van der Waals surface area contributed by atoms with Crippen LogP contribution in [0.2, 0.25) is 0 Å². The summed E-state index contributed by atoms with van der Waals surface area (Å²) in [7, 11) is 0. The summed E-state index contributed by atoms with van der Waals surface area (Å²) in [6, 6.07) is 12.6. The van der Waals surface area contributed by atoms with Gasteiger partial charge in [-0.3, -0.25) is 24.1 Å². The molecule has 2 amide bonds. The highest BCUT2D eigenvalue weighted by Gasteiger charge is 2.47. The van der Waals surface area contributed by atoms with Gasteiger partial charge in [0.1, 0.15) is 0 Å². The van der Waals surface area contributed by atoms with Crippen LogP contribution in [0.5, 0.6) is 11.5 Å². The fraction of sp³-hybridized carbons (Fsp3) is 0.500. The molecule has 0 bridgehead atoms. The summed E-state index contributed by atoms with van der Waals surface area (Å²) in [4.78, 5) is 48.7. The highest BCUT2D eigenvalue weighted by atomic mass is 16.7. The Labute approximate surface area is 234 Å². The summed E-state index contributed by atoms with van der Waals surface area (Å²) in [5.41, 5.74) is 2.49. The molecule has 0 radical (unpaired) electrons. The second kappa shape index (κ2) is 12.3. The van der Waals surface area contributed by atoms with E-state index in [-0.39, 0.29) is 31.1 Å². The molecule has 3 heterocycles. The number of ether oxygens (including phenoxy) is 2. The van der Waals surface area contributed by atoms with Gasteiger partial charge in [-0.2, -0.15) is 0 Å². The summed E-state index contributed by atoms with van der Waals surface area (Å²) in [6.45, 7) is 6.31. The van der Waals surface area contributed by atoms with Crippen LogP contribution in [0.3, 0.4) is 0 Å². The van der Waals surface area contributed by atoms with Crippen LogP contribution < -0.4 is 9.47 Å². The van der Waals surface area contributed by atoms with Crippen LogP contribution in [0.25, 0.3) is 0 Å². The van der Waals surface area contributed by atoms with Crippen LogP contribution in [0, 0.1) is 5.92 Å². The summed E-state index contributed by atoms with van der Waals surface area (Å²) in [5, 5.41) is 11.9. The second-order valence-electron chi connectivity index (χ2n) is 10.6. The molecule has 214 valence electrons. The Bertz CT molecular complexity index is 1250. The van der Waals surface area contributed by atoms with Gasteiger partial charge in [0.25, 0.3) is 11.8 Å². The number of rotatable bonds is 12. The number of nitrogens with zero attached hydrogens (tertiary/aromatic N) is 3. The zero-order valence-electron chi connectivity index (χ0n) is 23.1. The summed E-state index contributed by atoms with van der Waals surface area (Å²) in [5.74, 6) is -1.08. The highest BCUT2D eigenvalue weighted by Crippen LogP contribution is 2.43. The van der Waals surface area contributed by atoms with E-state index in [1.165, 1.54) is 5.06 Å². The molecule has 0 saturated carbocycles. The zero-order chi connectivity index (χ0) is 28.2. The van der Waals surface area contributed by atoms with Crippen molar-refractivity contribution in [3.05, 3.63) is 59.2 Å². The van der Waals surface area contributed by atoms with Crippen LogP contribution in [-0.4, -0.2) is 83.4 Å². The smallest absolute Gasteiger partial charge is 0.308 e. The van der Waals surface area contributed by atoms with Gasteiger partial charge in [0.05, 0.1) is 19.1 Å². The van der Waals surface area contributed by atoms with E-state index < -0.39 is 17.9 Å². The normalized spacial score (nSPS) is 21.6. The molecular formula is C30H37N3O7. The lowest BCUT2D eigenvalue weighted by Gasteiger charge is -2.30. The molecule has 3 aliphatic rings. The molecule has 10 nitrogen and oxygen atoms in total. The van der Waals surface area contributed by atoms with Crippen LogP contribution in [0.4, 0.5) is 0 Å². The topological polar surface area (TPSA) is 109 Å². The SMILES string of the molecule is CCCON(CCC)C(=O)CN1C[C@H](c2ccc3c(c2)OCO3)[C@@H](C(=O)O)[C@@H]1CCN1Cc2ccccc2C1=O. The average Bonchev–Trinajstić information content (AvgIpc) is 3.65. The third-order valence-electron chi connectivity index (χ3n) is 7.94. The predicted octanol–water partition coefficient (Wildman–Crippen LogP) is 3.51. The molecule has 1 saturated heterocycles. The number of hydrogen-bond donors (Lipinski definition) is 1. The summed E-state index contributed by atoms with van der Waals surface area (Å²) in [6.07, 6.45) is 1.95. The molecule has 1 fully saturated rings. The molecule has 40 heavy (non-hydrogen) atoms. The van der Waals surface area contributed by atoms with Crippen molar-refractivity contribution in [1.29, 1.82) is 0 Å². The quantitative estimate of drug-likeness (QED) is 0.399. The van der Waals surface area contributed by atoms with Crippen molar-refractivity contribution >= 4 is 17.8 Å². The van der Waals surface area contributed by atoms with E-state index in [0.717, 1.165) is 24.0 Å². The van der Waals surface area contributed by atoms with Gasteiger partial charge in [-0.1, -0.05) is 38.1 Å². The largest absolute Gasteiger partial charge is 0.481 e. The molecule has 2 aromatic rings. The van der Waals surface area contributed by atoms with E-state index in [0.29, 0.717) is 56.3 Å². The van der Waals surface area contributed by atoms with Gasteiger partial charge in [0.2, 0.25) is 6.79 Å². The molecule has 1 N–H and O–H groups in total. The number of benzene rings is 2. The predicted molar refractivity (Wildman–Crippen MR) is 146 cm³/mol. The van der Waals surface area contributed by atoms with E-state index >= 15 is 0 Å². The van der Waals surface area contributed by atoms with Crippen molar-refractivity contribution in [1.82, 2.24) is 14.9 Å². The fourth-order valence-electron chi connectivity index (χ4n) is 6.04. The number of carbonyl (C=O) groups excluding carboxylic acids is 2. The Morgan fingerprint density at radius 2 is 1.90 bits per heavy atom. The minimum atomic E-state index is -0.925. The Balaban J connectivity index is 1.39. The Hall–Kier alpha value is -3.63. The molecule has 0 spiro atoms. The van der Waals surface area contributed by atoms with Crippen LogP contribution in [0.1, 0.15) is 60.5 Å². The molecular weight excluding hydrogens is 514 g/mol. The first-order chi connectivity index (χ1) is 19.4. The van der Waals surface area contributed by atoms with Gasteiger partial charge < -0.3 is 19.5 Å². The minimum absolute atomic E-state index is 0.0351. The lowest BCUT2D eigenvalue weighted by molar-refractivity contribution is -0.188. The van der Waals surface area contributed by atoms with Crippen LogP contribution in [-0.2, 0) is 21.0 Å². The van der Waals surface area contributed by atoms with Gasteiger partial charge in [-0.05, 0) is 48.6 Å². The number of carbonyl (C=O) groups is 3. The van der Waals surface area contributed by atoms with Gasteiger partial charge in [0.15, 0.2) is 11.5 Å². The van der Waals surface area contributed by atoms with Gasteiger partial charge in [-0.25, -0.2) is 5.06 Å². The fourth-order valence-corrected chi connectivity index (χ4v) is 6.04. The number of aliphatic carboxylic acids is 1. The number of fused-ring (bicyclic) bond motifs is 2. The van der Waals surface area contributed by atoms with E-state index in [1.54, 1.807) is 11.0 Å². The lowest BCUT2D eigenvalue weighted by atomic mass is 9.84. The molecule has 10 heteroatoms. The maximum Gasteiger partial charge on any atom is 0.308 e. The van der Waals surface area contributed by atoms with E-state index in [1.807, 2.05) is 55.1 Å².